The van der Waals surface area contributed by atoms with Gasteiger partial charge in [0.05, 0.1) is 10.7 Å². The van der Waals surface area contributed by atoms with Gasteiger partial charge in [-0.2, -0.15) is 4.98 Å². The molecule has 1 aliphatic rings. The van der Waals surface area contributed by atoms with Gasteiger partial charge in [0.15, 0.2) is 5.65 Å². The molecule has 2 aromatic carbocycles. The molecule has 11 heteroatoms. The summed E-state index contributed by atoms with van der Waals surface area (Å²) in [6, 6.07) is 10.7. The van der Waals surface area contributed by atoms with Gasteiger partial charge in [0, 0.05) is 55.9 Å². The molecule has 1 saturated heterocycles. The van der Waals surface area contributed by atoms with Gasteiger partial charge in [-0.3, -0.25) is 9.36 Å². The summed E-state index contributed by atoms with van der Waals surface area (Å²) in [5.74, 6) is 0.255. The van der Waals surface area contributed by atoms with Crippen LogP contribution < -0.4 is 21.5 Å². The quantitative estimate of drug-likeness (QED) is 0.399. The van der Waals surface area contributed by atoms with E-state index in [1.165, 1.54) is 28.6 Å². The maximum absolute atomic E-state index is 13.7. The maximum Gasteiger partial charge on any atom is 0.337 e. The van der Waals surface area contributed by atoms with E-state index >= 15 is 0 Å². The topological polar surface area (TPSA) is 88.3 Å². The molecule has 1 fully saturated rings. The van der Waals surface area contributed by atoms with Crippen molar-refractivity contribution in [3.63, 3.8) is 0 Å². The minimum Gasteiger partial charge on any atom is -0.369 e. The van der Waals surface area contributed by atoms with Crippen LogP contribution in [0, 0.1) is 6.92 Å². The van der Waals surface area contributed by atoms with Crippen molar-refractivity contribution in [2.75, 3.05) is 43.4 Å². The Labute approximate surface area is 224 Å². The fourth-order valence-electron chi connectivity index (χ4n) is 4.87. The molecular formula is C27H29ClFN7O2. The van der Waals surface area contributed by atoms with Crippen LogP contribution in [0.2, 0.25) is 5.02 Å². The minimum absolute atomic E-state index is 0.0360. The number of anilines is 3. The molecule has 3 heterocycles. The number of hydrogen-bond acceptors (Lipinski definition) is 7. The molecule has 0 spiro atoms. The standard InChI is InChI=1S/C27H29ClFN7O2/c1-4-35-24-20(25(37)36(27(35)38)23-18(15-29)6-5-7-21(23)28)16-30-26(32-24)31-19-8-9-22(17(2)14-19)34-12-10-33(3)11-13-34/h5-9,14,16H,4,10-13,15H2,1-3H3,(H,30,31,32). The van der Waals surface area contributed by atoms with Crippen LogP contribution in [0.3, 0.4) is 0 Å². The first kappa shape index (κ1) is 25.9. The van der Waals surface area contributed by atoms with E-state index in [-0.39, 0.29) is 39.8 Å². The lowest BCUT2D eigenvalue weighted by Gasteiger charge is -2.35. The van der Waals surface area contributed by atoms with Gasteiger partial charge in [-0.05, 0) is 50.7 Å². The molecule has 9 nitrogen and oxygen atoms in total. The minimum atomic E-state index is -0.877. The Bertz CT molecular complexity index is 1630. The third-order valence-corrected chi connectivity index (χ3v) is 7.24. The van der Waals surface area contributed by atoms with E-state index in [1.807, 2.05) is 12.1 Å². The predicted molar refractivity (Wildman–Crippen MR) is 149 cm³/mol. The fourth-order valence-corrected chi connectivity index (χ4v) is 5.15. The molecule has 0 saturated carbocycles. The van der Waals surface area contributed by atoms with Crippen LogP contribution >= 0.6 is 11.6 Å². The Morgan fingerprint density at radius 1 is 1.11 bits per heavy atom. The molecule has 38 heavy (non-hydrogen) atoms. The normalized spacial score (nSPS) is 14.3. The molecule has 4 aromatic rings. The number of para-hydroxylation sites is 1. The molecule has 0 bridgehead atoms. The highest BCUT2D eigenvalue weighted by Crippen LogP contribution is 2.27. The van der Waals surface area contributed by atoms with Gasteiger partial charge >= 0.3 is 5.69 Å². The second-order valence-electron chi connectivity index (χ2n) is 9.40. The molecular weight excluding hydrogens is 509 g/mol. The van der Waals surface area contributed by atoms with Gasteiger partial charge in [0.2, 0.25) is 5.95 Å². The highest BCUT2D eigenvalue weighted by molar-refractivity contribution is 6.32. The number of hydrogen-bond donors (Lipinski definition) is 1. The Kier molecular flexibility index (Phi) is 7.18. The van der Waals surface area contributed by atoms with Crippen LogP contribution in [0.1, 0.15) is 18.1 Å². The Morgan fingerprint density at radius 3 is 2.55 bits per heavy atom. The number of aromatic nitrogens is 4. The largest absolute Gasteiger partial charge is 0.369 e. The highest BCUT2D eigenvalue weighted by atomic mass is 35.5. The molecule has 198 valence electrons. The summed E-state index contributed by atoms with van der Waals surface area (Å²) >= 11 is 6.31. The lowest BCUT2D eigenvalue weighted by atomic mass is 10.1. The number of piperazine rings is 1. The average Bonchev–Trinajstić information content (AvgIpc) is 2.90. The SMILES string of the molecule is CCn1c(=O)n(-c2c(Cl)cccc2CF)c(=O)c2cnc(Nc3ccc(N4CCN(C)CC4)c(C)c3)nc21. The lowest BCUT2D eigenvalue weighted by molar-refractivity contribution is 0.312. The van der Waals surface area contributed by atoms with E-state index in [0.29, 0.717) is 0 Å². The molecule has 0 atom stereocenters. The molecule has 0 amide bonds. The number of nitrogens with one attached hydrogen (secondary N) is 1. The van der Waals surface area contributed by atoms with E-state index in [2.05, 4.69) is 45.1 Å². The second kappa shape index (κ2) is 10.5. The van der Waals surface area contributed by atoms with Crippen LogP contribution in [-0.2, 0) is 13.2 Å². The van der Waals surface area contributed by atoms with Crippen molar-refractivity contribution in [1.29, 1.82) is 0 Å². The molecule has 0 unspecified atom stereocenters. The number of nitrogens with zero attached hydrogens (tertiary/aromatic N) is 6. The van der Waals surface area contributed by atoms with Gasteiger partial charge in [0.25, 0.3) is 5.56 Å². The van der Waals surface area contributed by atoms with Gasteiger partial charge in [-0.15, -0.1) is 0 Å². The lowest BCUT2D eigenvalue weighted by Crippen LogP contribution is -2.44. The smallest absolute Gasteiger partial charge is 0.337 e. The van der Waals surface area contributed by atoms with Crippen LogP contribution in [0.15, 0.2) is 52.2 Å². The number of halogens is 2. The first-order valence-corrected chi connectivity index (χ1v) is 12.9. The Morgan fingerprint density at radius 2 is 1.87 bits per heavy atom. The third-order valence-electron chi connectivity index (χ3n) is 6.93. The summed E-state index contributed by atoms with van der Waals surface area (Å²) in [6.45, 7) is 7.20. The van der Waals surface area contributed by atoms with Crippen molar-refractivity contribution in [3.05, 3.63) is 79.6 Å². The molecule has 1 N–H and O–H groups in total. The number of rotatable bonds is 6. The third kappa shape index (κ3) is 4.65. The summed E-state index contributed by atoms with van der Waals surface area (Å²) in [5, 5.41) is 3.43. The zero-order chi connectivity index (χ0) is 27.0. The van der Waals surface area contributed by atoms with Gasteiger partial charge < -0.3 is 15.1 Å². The predicted octanol–water partition coefficient (Wildman–Crippen LogP) is 3.89. The van der Waals surface area contributed by atoms with Crippen LogP contribution in [-0.4, -0.2) is 57.2 Å². The first-order chi connectivity index (χ1) is 18.3. The number of alkyl halides is 1. The molecule has 2 aromatic heterocycles. The highest BCUT2D eigenvalue weighted by Gasteiger charge is 2.21. The van der Waals surface area contributed by atoms with E-state index in [9.17, 15) is 14.0 Å². The van der Waals surface area contributed by atoms with Crippen molar-refractivity contribution in [3.8, 4) is 5.69 Å². The summed E-state index contributed by atoms with van der Waals surface area (Å²) in [5.41, 5.74) is 2.18. The van der Waals surface area contributed by atoms with Crippen LogP contribution in [0.4, 0.5) is 21.7 Å². The van der Waals surface area contributed by atoms with Crippen molar-refractivity contribution < 1.29 is 4.39 Å². The van der Waals surface area contributed by atoms with Crippen molar-refractivity contribution in [2.45, 2.75) is 27.1 Å². The summed E-state index contributed by atoms with van der Waals surface area (Å²) < 4.78 is 16.0. The molecule has 0 radical (unpaired) electrons. The number of aryl methyl sites for hydroxylation is 2. The van der Waals surface area contributed by atoms with Crippen molar-refractivity contribution in [2.24, 2.45) is 0 Å². The summed E-state index contributed by atoms with van der Waals surface area (Å²) in [4.78, 5) is 40.4. The summed E-state index contributed by atoms with van der Waals surface area (Å²) in [7, 11) is 2.13. The number of fused-ring (bicyclic) bond motifs is 1. The number of likely N-dealkylation sites (N-methyl/N-ethyl adjacent to an activating group) is 1. The van der Waals surface area contributed by atoms with Gasteiger partial charge in [0.1, 0.15) is 12.1 Å². The molecule has 5 rings (SSSR count). The van der Waals surface area contributed by atoms with Gasteiger partial charge in [-0.1, -0.05) is 23.7 Å². The average molecular weight is 538 g/mol. The van der Waals surface area contributed by atoms with E-state index in [0.717, 1.165) is 42.0 Å². The molecule has 0 aliphatic carbocycles. The van der Waals surface area contributed by atoms with Crippen molar-refractivity contribution >= 4 is 40.0 Å². The monoisotopic (exact) mass is 537 g/mol. The second-order valence-corrected chi connectivity index (χ2v) is 9.80. The van der Waals surface area contributed by atoms with Crippen LogP contribution in [0.25, 0.3) is 16.7 Å². The Balaban J connectivity index is 1.53. The Hall–Kier alpha value is -3.76. The summed E-state index contributed by atoms with van der Waals surface area (Å²) in [6.07, 6.45) is 1.38. The number of benzene rings is 2. The van der Waals surface area contributed by atoms with E-state index < -0.39 is 17.9 Å². The van der Waals surface area contributed by atoms with Crippen LogP contribution in [0.5, 0.6) is 0 Å². The molecule has 1 aliphatic heterocycles. The first-order valence-electron chi connectivity index (χ1n) is 12.5. The fraction of sp³-hybridized carbons (Fsp3) is 0.333. The van der Waals surface area contributed by atoms with Crippen molar-refractivity contribution in [1.82, 2.24) is 24.0 Å². The zero-order valence-electron chi connectivity index (χ0n) is 21.5. The van der Waals surface area contributed by atoms with E-state index in [4.69, 9.17) is 11.6 Å². The zero-order valence-corrected chi connectivity index (χ0v) is 22.3. The van der Waals surface area contributed by atoms with Gasteiger partial charge in [-0.25, -0.2) is 18.7 Å². The van der Waals surface area contributed by atoms with E-state index in [1.54, 1.807) is 13.0 Å². The maximum atomic E-state index is 13.7.